The Balaban J connectivity index is 2.12. The van der Waals surface area contributed by atoms with Crippen LogP contribution in [0.15, 0.2) is 42.8 Å². The van der Waals surface area contributed by atoms with E-state index in [1.807, 2.05) is 6.07 Å². The Kier molecular flexibility index (Phi) is 6.50. The van der Waals surface area contributed by atoms with Crippen LogP contribution in [-0.4, -0.2) is 59.6 Å². The molecule has 1 aromatic rings. The molecule has 0 saturated carbocycles. The zero-order valence-corrected chi connectivity index (χ0v) is 12.9. The van der Waals surface area contributed by atoms with Gasteiger partial charge in [0.05, 0.1) is 11.5 Å². The van der Waals surface area contributed by atoms with Crippen molar-refractivity contribution in [1.82, 2.24) is 0 Å². The van der Waals surface area contributed by atoms with E-state index in [2.05, 4.69) is 0 Å². The summed E-state index contributed by atoms with van der Waals surface area (Å²) in [5.41, 5.74) is 0. The highest BCUT2D eigenvalue weighted by Gasteiger charge is 2.47. The molecule has 1 aliphatic heterocycles. The van der Waals surface area contributed by atoms with Crippen molar-refractivity contribution >= 4 is 0 Å². The van der Waals surface area contributed by atoms with Gasteiger partial charge in [0.15, 0.2) is 12.4 Å². The molecule has 0 aromatic heterocycles. The van der Waals surface area contributed by atoms with Gasteiger partial charge in [-0.1, -0.05) is 18.2 Å². The second kappa shape index (κ2) is 8.60. The van der Waals surface area contributed by atoms with E-state index in [4.69, 9.17) is 18.9 Å². The molecule has 0 spiro atoms. The van der Waals surface area contributed by atoms with Gasteiger partial charge in [0.25, 0.3) is 6.20 Å². The Bertz CT molecular complexity index is 552. The fraction of sp³-hybridized carbons (Fsp3) is 0.467. The third-order valence-electron chi connectivity index (χ3n) is 3.48. The van der Waals surface area contributed by atoms with Gasteiger partial charge in [-0.15, -0.1) is 0 Å². The maximum Gasteiger partial charge on any atom is 0.268 e. The predicted molar refractivity (Wildman–Crippen MR) is 80.6 cm³/mol. The molecule has 132 valence electrons. The lowest BCUT2D eigenvalue weighted by atomic mass is 9.99. The van der Waals surface area contributed by atoms with Crippen molar-refractivity contribution in [2.75, 3.05) is 13.7 Å². The molecule has 1 aromatic carbocycles. The van der Waals surface area contributed by atoms with E-state index in [1.165, 1.54) is 7.11 Å². The van der Waals surface area contributed by atoms with Crippen molar-refractivity contribution in [3.8, 4) is 5.75 Å². The molecule has 0 radical (unpaired) electrons. The Morgan fingerprint density at radius 1 is 1.33 bits per heavy atom. The smallest absolute Gasteiger partial charge is 0.268 e. The number of nitrogens with zero attached hydrogens (tertiary/aromatic N) is 1. The number of hydrogen-bond acceptors (Lipinski definition) is 8. The lowest BCUT2D eigenvalue weighted by Gasteiger charge is -2.42. The maximum absolute atomic E-state index is 10.4. The summed E-state index contributed by atoms with van der Waals surface area (Å²) in [6, 6.07) is 8.71. The molecule has 1 heterocycles. The summed E-state index contributed by atoms with van der Waals surface area (Å²) in [6.07, 6.45) is -3.62. The molecule has 0 amide bonds. The van der Waals surface area contributed by atoms with Gasteiger partial charge in [0.1, 0.15) is 24.1 Å². The number of aliphatic hydroxyl groups is 2. The van der Waals surface area contributed by atoms with Crippen molar-refractivity contribution in [3.63, 3.8) is 0 Å². The lowest BCUT2D eigenvalue weighted by molar-refractivity contribution is -0.404. The van der Waals surface area contributed by atoms with Crippen molar-refractivity contribution in [2.24, 2.45) is 0 Å². The van der Waals surface area contributed by atoms with E-state index >= 15 is 0 Å². The molecule has 0 aliphatic carbocycles. The van der Waals surface area contributed by atoms with Crippen LogP contribution in [0.3, 0.4) is 0 Å². The summed E-state index contributed by atoms with van der Waals surface area (Å²) in [6.45, 7) is -0.446. The largest absolute Gasteiger partial charge is 0.486 e. The first kappa shape index (κ1) is 18.1. The van der Waals surface area contributed by atoms with Gasteiger partial charge in [-0.2, -0.15) is 0 Å². The molecule has 0 bridgehead atoms. The first-order valence-electron chi connectivity index (χ1n) is 7.21. The average Bonchev–Trinajstić information content (AvgIpc) is 2.58. The number of nitro groups is 1. The molecule has 1 saturated heterocycles. The molecule has 1 fully saturated rings. The highest BCUT2D eigenvalue weighted by molar-refractivity contribution is 5.21. The van der Waals surface area contributed by atoms with E-state index in [9.17, 15) is 20.3 Å². The fourth-order valence-electron chi connectivity index (χ4n) is 2.38. The number of para-hydroxylation sites is 1. The van der Waals surface area contributed by atoms with E-state index in [0.717, 1.165) is 6.26 Å². The van der Waals surface area contributed by atoms with Gasteiger partial charge in [-0.25, -0.2) is 0 Å². The van der Waals surface area contributed by atoms with Crippen molar-refractivity contribution in [3.05, 3.63) is 52.9 Å². The first-order chi connectivity index (χ1) is 11.6. The van der Waals surface area contributed by atoms with Gasteiger partial charge >= 0.3 is 0 Å². The summed E-state index contributed by atoms with van der Waals surface area (Å²) < 4.78 is 21.5. The normalized spacial score (nSPS) is 30.2. The second-order valence-corrected chi connectivity index (χ2v) is 5.02. The van der Waals surface area contributed by atoms with Crippen LogP contribution in [0.5, 0.6) is 5.75 Å². The minimum absolute atomic E-state index is 0.446. The third-order valence-corrected chi connectivity index (χ3v) is 3.48. The minimum atomic E-state index is -1.23. The average molecular weight is 341 g/mol. The lowest BCUT2D eigenvalue weighted by Crippen LogP contribution is -2.61. The quantitative estimate of drug-likeness (QED) is 0.412. The first-order valence-corrected chi connectivity index (χ1v) is 7.21. The number of methoxy groups -OCH3 is 1. The zero-order chi connectivity index (χ0) is 17.5. The van der Waals surface area contributed by atoms with Crippen LogP contribution in [0.1, 0.15) is 0 Å². The van der Waals surface area contributed by atoms with Crippen LogP contribution in [0.2, 0.25) is 0 Å². The van der Waals surface area contributed by atoms with E-state index in [1.54, 1.807) is 24.3 Å². The summed E-state index contributed by atoms with van der Waals surface area (Å²) in [5.74, 6) is 0.473. The van der Waals surface area contributed by atoms with Crippen LogP contribution in [-0.2, 0) is 14.2 Å². The number of rotatable bonds is 7. The SMILES string of the molecule is CO[C@H]1[C@@H](O)[C@@H](Oc2ccccc2)O[C@H](CO)[C@H]1OC=C[N+](=O)[O-]. The Hall–Kier alpha value is -2.20. The summed E-state index contributed by atoms with van der Waals surface area (Å²) in [5, 5.41) is 30.2. The van der Waals surface area contributed by atoms with Crippen molar-refractivity contribution in [1.29, 1.82) is 0 Å². The number of aliphatic hydroxyl groups excluding tert-OH is 2. The molecule has 9 heteroatoms. The molecule has 24 heavy (non-hydrogen) atoms. The van der Waals surface area contributed by atoms with Gasteiger partial charge in [0.2, 0.25) is 6.29 Å². The van der Waals surface area contributed by atoms with Gasteiger partial charge in [-0.3, -0.25) is 10.1 Å². The number of ether oxygens (including phenoxy) is 4. The number of hydrogen-bond donors (Lipinski definition) is 2. The topological polar surface area (TPSA) is 121 Å². The van der Waals surface area contributed by atoms with E-state index in [0.29, 0.717) is 11.9 Å². The van der Waals surface area contributed by atoms with Crippen LogP contribution in [0.4, 0.5) is 0 Å². The minimum Gasteiger partial charge on any atom is -0.486 e. The second-order valence-electron chi connectivity index (χ2n) is 5.02. The summed E-state index contributed by atoms with van der Waals surface area (Å²) in [4.78, 5) is 9.62. The van der Waals surface area contributed by atoms with Crippen molar-refractivity contribution in [2.45, 2.75) is 30.7 Å². The molecule has 2 N–H and O–H groups in total. The van der Waals surface area contributed by atoms with E-state index in [-0.39, 0.29) is 0 Å². The highest BCUT2D eigenvalue weighted by Crippen LogP contribution is 2.27. The standard InChI is InChI=1S/C15H19NO8/c1-21-14-12(18)15(23-10-5-3-2-4-6-10)24-11(9-17)13(14)22-8-7-16(19)20/h2-8,11-15,17-18H,9H2,1H3/t11-,12-,13-,14+,15+/m1/s1. The predicted octanol–water partition coefficient (Wildman–Crippen LogP) is 0.292. The molecule has 2 rings (SSSR count). The number of benzene rings is 1. The zero-order valence-electron chi connectivity index (χ0n) is 12.9. The van der Waals surface area contributed by atoms with Crippen LogP contribution in [0, 0.1) is 10.1 Å². The molecule has 9 nitrogen and oxygen atoms in total. The summed E-state index contributed by atoms with van der Waals surface area (Å²) in [7, 11) is 1.35. The molecule has 0 unspecified atom stereocenters. The van der Waals surface area contributed by atoms with Gasteiger partial charge in [-0.05, 0) is 12.1 Å². The molecular weight excluding hydrogens is 322 g/mol. The fourth-order valence-corrected chi connectivity index (χ4v) is 2.38. The highest BCUT2D eigenvalue weighted by atomic mass is 16.7. The molecule has 1 aliphatic rings. The van der Waals surface area contributed by atoms with Gasteiger partial charge < -0.3 is 29.2 Å². The summed E-state index contributed by atoms with van der Waals surface area (Å²) >= 11 is 0. The molecular formula is C15H19NO8. The third kappa shape index (κ3) is 4.42. The van der Waals surface area contributed by atoms with E-state index < -0.39 is 42.2 Å². The maximum atomic E-state index is 10.4. The van der Waals surface area contributed by atoms with Crippen LogP contribution in [0.25, 0.3) is 0 Å². The monoisotopic (exact) mass is 341 g/mol. The Morgan fingerprint density at radius 3 is 2.62 bits per heavy atom. The van der Waals surface area contributed by atoms with Gasteiger partial charge in [0, 0.05) is 7.11 Å². The Morgan fingerprint density at radius 2 is 2.04 bits per heavy atom. The van der Waals surface area contributed by atoms with Crippen molar-refractivity contribution < 1.29 is 34.1 Å². The van der Waals surface area contributed by atoms with Crippen LogP contribution >= 0.6 is 0 Å². The molecule has 5 atom stereocenters. The Labute approximate surface area is 138 Å². The van der Waals surface area contributed by atoms with Crippen LogP contribution < -0.4 is 4.74 Å².